The van der Waals surface area contributed by atoms with Gasteiger partial charge in [0.05, 0.1) is 12.2 Å². The van der Waals surface area contributed by atoms with Crippen molar-refractivity contribution in [3.05, 3.63) is 47.3 Å². The average molecular weight is 358 g/mol. The molecule has 0 unspecified atom stereocenters. The zero-order valence-corrected chi connectivity index (χ0v) is 16.6. The van der Waals surface area contributed by atoms with Crippen LogP contribution in [-0.4, -0.2) is 47.9 Å². The van der Waals surface area contributed by atoms with E-state index in [9.17, 15) is 0 Å². The van der Waals surface area contributed by atoms with Crippen molar-refractivity contribution in [3.8, 4) is 5.75 Å². The molecule has 0 fully saturated rings. The largest absolute Gasteiger partial charge is 0.492 e. The summed E-state index contributed by atoms with van der Waals surface area (Å²) in [5.41, 5.74) is 3.72. The van der Waals surface area contributed by atoms with Crippen molar-refractivity contribution >= 4 is 5.96 Å². The number of hydrogen-bond acceptors (Lipinski definition) is 3. The quantitative estimate of drug-likeness (QED) is 0.583. The summed E-state index contributed by atoms with van der Waals surface area (Å²) in [7, 11) is 5.85. The number of hydrogen-bond donors (Lipinski definition) is 1. The third-order valence-corrected chi connectivity index (χ3v) is 4.46. The summed E-state index contributed by atoms with van der Waals surface area (Å²) in [4.78, 5) is 6.48. The topological polar surface area (TPSA) is 54.7 Å². The van der Waals surface area contributed by atoms with Crippen LogP contribution in [0.5, 0.6) is 5.75 Å². The molecular formula is C20H31N5O. The maximum atomic E-state index is 5.77. The molecule has 0 radical (unpaired) electrons. The van der Waals surface area contributed by atoms with Gasteiger partial charge in [-0.2, -0.15) is 5.10 Å². The van der Waals surface area contributed by atoms with E-state index in [1.54, 1.807) is 0 Å². The molecule has 2 rings (SSSR count). The Morgan fingerprint density at radius 3 is 2.58 bits per heavy atom. The third kappa shape index (κ3) is 5.00. The number of benzene rings is 1. The third-order valence-electron chi connectivity index (χ3n) is 4.46. The first-order valence-corrected chi connectivity index (χ1v) is 9.23. The van der Waals surface area contributed by atoms with Crippen molar-refractivity contribution in [1.29, 1.82) is 0 Å². The first-order chi connectivity index (χ1) is 12.6. The Morgan fingerprint density at radius 1 is 1.23 bits per heavy atom. The molecule has 26 heavy (non-hydrogen) atoms. The molecular weight excluding hydrogens is 326 g/mol. The van der Waals surface area contributed by atoms with Gasteiger partial charge in [-0.15, -0.1) is 0 Å². The number of likely N-dealkylation sites (N-methyl/N-ethyl adjacent to an activating group) is 1. The number of rotatable bonds is 8. The summed E-state index contributed by atoms with van der Waals surface area (Å²) >= 11 is 0. The molecule has 0 aliphatic rings. The number of aryl methyl sites for hydroxylation is 2. The monoisotopic (exact) mass is 357 g/mol. The Hall–Kier alpha value is -2.50. The number of ether oxygens (including phenoxy) is 1. The zero-order chi connectivity index (χ0) is 18.9. The van der Waals surface area contributed by atoms with Gasteiger partial charge in [-0.05, 0) is 25.0 Å². The lowest BCUT2D eigenvalue weighted by Gasteiger charge is -2.22. The molecule has 6 heteroatoms. The molecule has 0 spiro atoms. The molecule has 0 aliphatic carbocycles. The van der Waals surface area contributed by atoms with Gasteiger partial charge < -0.3 is 15.0 Å². The summed E-state index contributed by atoms with van der Waals surface area (Å²) in [5.74, 6) is 1.74. The first-order valence-electron chi connectivity index (χ1n) is 9.23. The molecule has 0 aliphatic heterocycles. The maximum absolute atomic E-state index is 5.77. The van der Waals surface area contributed by atoms with Gasteiger partial charge in [-0.1, -0.05) is 32.0 Å². The van der Waals surface area contributed by atoms with E-state index in [2.05, 4.69) is 34.2 Å². The van der Waals surface area contributed by atoms with Gasteiger partial charge in [0.2, 0.25) is 0 Å². The van der Waals surface area contributed by atoms with Crippen molar-refractivity contribution in [2.24, 2.45) is 12.0 Å². The van der Waals surface area contributed by atoms with Gasteiger partial charge >= 0.3 is 0 Å². The number of nitrogens with one attached hydrogen (secondary N) is 1. The van der Waals surface area contributed by atoms with Crippen molar-refractivity contribution in [1.82, 2.24) is 20.0 Å². The summed E-state index contributed by atoms with van der Waals surface area (Å²) in [6, 6.07) is 9.87. The fourth-order valence-electron chi connectivity index (χ4n) is 3.07. The van der Waals surface area contributed by atoms with E-state index < -0.39 is 0 Å². The number of aromatic nitrogens is 2. The molecule has 0 saturated carbocycles. The van der Waals surface area contributed by atoms with Crippen LogP contribution in [0.3, 0.4) is 0 Å². The molecule has 142 valence electrons. The minimum absolute atomic E-state index is 0.606. The minimum Gasteiger partial charge on any atom is -0.492 e. The van der Waals surface area contributed by atoms with E-state index in [0.29, 0.717) is 6.61 Å². The molecule has 0 amide bonds. The zero-order valence-electron chi connectivity index (χ0n) is 16.6. The lowest BCUT2D eigenvalue weighted by atomic mass is 10.1. The van der Waals surface area contributed by atoms with Gasteiger partial charge in [0.15, 0.2) is 5.96 Å². The van der Waals surface area contributed by atoms with Crippen LogP contribution >= 0.6 is 0 Å². The first kappa shape index (κ1) is 19.8. The normalized spacial score (nSPS) is 11.5. The van der Waals surface area contributed by atoms with E-state index in [4.69, 9.17) is 4.74 Å². The highest BCUT2D eigenvalue weighted by Gasteiger charge is 2.14. The maximum Gasteiger partial charge on any atom is 0.193 e. The molecule has 0 atom stereocenters. The Kier molecular flexibility index (Phi) is 7.51. The van der Waals surface area contributed by atoms with Gasteiger partial charge in [-0.3, -0.25) is 9.67 Å². The second-order valence-electron chi connectivity index (χ2n) is 6.19. The number of aliphatic imine (C=N–C) groups is 1. The fraction of sp³-hybridized carbons (Fsp3) is 0.500. The molecule has 0 saturated heterocycles. The Labute approximate surface area is 156 Å². The fourth-order valence-corrected chi connectivity index (χ4v) is 3.07. The molecule has 1 N–H and O–H groups in total. The second kappa shape index (κ2) is 9.85. The lowest BCUT2D eigenvalue weighted by molar-refractivity contribution is 0.281. The Balaban J connectivity index is 1.91. The number of para-hydroxylation sites is 1. The van der Waals surface area contributed by atoms with E-state index in [1.807, 2.05) is 56.2 Å². The average Bonchev–Trinajstić information content (AvgIpc) is 2.97. The predicted molar refractivity (Wildman–Crippen MR) is 107 cm³/mol. The standard InChI is InChI=1S/C20H31N5O/c1-6-18-17(19(7-2)25(5)23-18)15-22-20(21-3)24(4)13-14-26-16-11-9-8-10-12-16/h8-12H,6-7,13-15H2,1-5H3,(H,21,22). The Bertz CT molecular complexity index is 708. The summed E-state index contributed by atoms with van der Waals surface area (Å²) in [5, 5.41) is 8.10. The number of guanidine groups is 1. The van der Waals surface area contributed by atoms with E-state index in [-0.39, 0.29) is 0 Å². The summed E-state index contributed by atoms with van der Waals surface area (Å²) in [6.07, 6.45) is 1.91. The number of nitrogens with zero attached hydrogens (tertiary/aromatic N) is 4. The van der Waals surface area contributed by atoms with Crippen LogP contribution < -0.4 is 10.1 Å². The molecule has 1 aromatic carbocycles. The van der Waals surface area contributed by atoms with Gasteiger partial charge in [0, 0.05) is 38.9 Å². The van der Waals surface area contributed by atoms with Crippen LogP contribution in [0.4, 0.5) is 0 Å². The van der Waals surface area contributed by atoms with Crippen LogP contribution in [0.25, 0.3) is 0 Å². The molecule has 6 nitrogen and oxygen atoms in total. The smallest absolute Gasteiger partial charge is 0.193 e. The van der Waals surface area contributed by atoms with E-state index in [0.717, 1.165) is 43.3 Å². The van der Waals surface area contributed by atoms with Gasteiger partial charge in [0.25, 0.3) is 0 Å². The highest BCUT2D eigenvalue weighted by atomic mass is 16.5. The van der Waals surface area contributed by atoms with Crippen LogP contribution in [0, 0.1) is 0 Å². The molecule has 0 bridgehead atoms. The highest BCUT2D eigenvalue weighted by Crippen LogP contribution is 2.15. The van der Waals surface area contributed by atoms with E-state index >= 15 is 0 Å². The molecule has 1 aromatic heterocycles. The van der Waals surface area contributed by atoms with Crippen molar-refractivity contribution in [2.75, 3.05) is 27.2 Å². The van der Waals surface area contributed by atoms with Crippen molar-refractivity contribution < 1.29 is 4.74 Å². The van der Waals surface area contributed by atoms with Crippen molar-refractivity contribution in [3.63, 3.8) is 0 Å². The second-order valence-corrected chi connectivity index (χ2v) is 6.19. The SMILES string of the molecule is CCc1nn(C)c(CC)c1CNC(=NC)N(C)CCOc1ccccc1. The van der Waals surface area contributed by atoms with Gasteiger partial charge in [-0.25, -0.2) is 0 Å². The Morgan fingerprint density at radius 2 is 1.96 bits per heavy atom. The van der Waals surface area contributed by atoms with Crippen LogP contribution in [0.2, 0.25) is 0 Å². The van der Waals surface area contributed by atoms with Crippen LogP contribution in [-0.2, 0) is 26.4 Å². The minimum atomic E-state index is 0.606. The summed E-state index contributed by atoms with van der Waals surface area (Å²) in [6.45, 7) is 6.41. The molecule has 2 aromatic rings. The summed E-state index contributed by atoms with van der Waals surface area (Å²) < 4.78 is 7.77. The lowest BCUT2D eigenvalue weighted by Crippen LogP contribution is -2.40. The molecule has 1 heterocycles. The van der Waals surface area contributed by atoms with Crippen LogP contribution in [0.15, 0.2) is 35.3 Å². The van der Waals surface area contributed by atoms with E-state index in [1.165, 1.54) is 11.3 Å². The van der Waals surface area contributed by atoms with Gasteiger partial charge in [0.1, 0.15) is 12.4 Å². The predicted octanol–water partition coefficient (Wildman–Crippen LogP) is 2.63. The van der Waals surface area contributed by atoms with Crippen LogP contribution in [0.1, 0.15) is 30.8 Å². The van der Waals surface area contributed by atoms with Crippen molar-refractivity contribution in [2.45, 2.75) is 33.2 Å². The highest BCUT2D eigenvalue weighted by molar-refractivity contribution is 5.79.